The van der Waals surface area contributed by atoms with Crippen LogP contribution in [0.25, 0.3) is 0 Å². The van der Waals surface area contributed by atoms with Gasteiger partial charge in [0, 0.05) is 17.7 Å². The van der Waals surface area contributed by atoms with Gasteiger partial charge in [-0.05, 0) is 39.8 Å². The van der Waals surface area contributed by atoms with Gasteiger partial charge in [0.25, 0.3) is 5.91 Å². The van der Waals surface area contributed by atoms with Gasteiger partial charge in [-0.3, -0.25) is 4.79 Å². The van der Waals surface area contributed by atoms with Crippen molar-refractivity contribution in [3.05, 3.63) is 47.4 Å². The van der Waals surface area contributed by atoms with Gasteiger partial charge in [0.1, 0.15) is 29.0 Å². The number of carbonyl (C=O) groups excluding carboxylic acids is 1. The molecule has 2 rings (SSSR count). The number of aryl methyl sites for hydroxylation is 1. The van der Waals surface area contributed by atoms with E-state index in [2.05, 4.69) is 20.6 Å². The van der Waals surface area contributed by atoms with Gasteiger partial charge >= 0.3 is 0 Å². The lowest BCUT2D eigenvalue weighted by molar-refractivity contribution is 0.102. The molecule has 23 heavy (non-hydrogen) atoms. The van der Waals surface area contributed by atoms with E-state index >= 15 is 0 Å². The monoisotopic (exact) mass is 320 g/mol. The van der Waals surface area contributed by atoms with Gasteiger partial charge in [0.2, 0.25) is 0 Å². The maximum atomic E-state index is 13.6. The van der Waals surface area contributed by atoms with Crippen LogP contribution in [0.15, 0.2) is 24.3 Å². The molecule has 0 fully saturated rings. The molecule has 0 spiro atoms. The van der Waals surface area contributed by atoms with Crippen molar-refractivity contribution < 1.29 is 13.6 Å². The predicted octanol–water partition coefficient (Wildman–Crippen LogP) is 3.53. The molecule has 2 aromatic rings. The average molecular weight is 320 g/mol. The van der Waals surface area contributed by atoms with Gasteiger partial charge in [-0.2, -0.15) is 0 Å². The first kappa shape index (κ1) is 16.8. The maximum Gasteiger partial charge on any atom is 0.274 e. The van der Waals surface area contributed by atoms with Gasteiger partial charge in [0.05, 0.1) is 5.69 Å². The lowest BCUT2D eigenvalue weighted by atomic mass is 10.1. The van der Waals surface area contributed by atoms with Crippen LogP contribution >= 0.6 is 0 Å². The van der Waals surface area contributed by atoms with Crippen LogP contribution in [0.1, 0.15) is 37.1 Å². The first-order chi connectivity index (χ1) is 10.6. The summed E-state index contributed by atoms with van der Waals surface area (Å²) in [6.45, 7) is 7.53. The van der Waals surface area contributed by atoms with Crippen LogP contribution in [0.4, 0.5) is 20.3 Å². The van der Waals surface area contributed by atoms with Crippen molar-refractivity contribution in [1.82, 2.24) is 9.97 Å². The summed E-state index contributed by atoms with van der Waals surface area (Å²) in [5.41, 5.74) is -0.261. The number of aromatic nitrogens is 2. The molecule has 1 aromatic carbocycles. The molecule has 2 N–H and O–H groups in total. The van der Waals surface area contributed by atoms with E-state index in [-0.39, 0.29) is 16.9 Å². The highest BCUT2D eigenvalue weighted by molar-refractivity contribution is 6.03. The number of nitrogens with zero attached hydrogens (tertiary/aromatic N) is 2. The number of halogens is 2. The van der Waals surface area contributed by atoms with E-state index in [1.54, 1.807) is 6.92 Å². The van der Waals surface area contributed by atoms with Crippen molar-refractivity contribution in [3.8, 4) is 0 Å². The summed E-state index contributed by atoms with van der Waals surface area (Å²) in [5.74, 6) is -1.26. The van der Waals surface area contributed by atoms with Crippen molar-refractivity contribution in [2.24, 2.45) is 0 Å². The molecule has 0 radical (unpaired) electrons. The summed E-state index contributed by atoms with van der Waals surface area (Å²) in [7, 11) is 0. The molecule has 0 aliphatic rings. The summed E-state index contributed by atoms with van der Waals surface area (Å²) in [5, 5.41) is 5.52. The number of carbonyl (C=O) groups is 1. The molecule has 0 unspecified atom stereocenters. The Balaban J connectivity index is 2.25. The summed E-state index contributed by atoms with van der Waals surface area (Å²) < 4.78 is 26.5. The molecule has 122 valence electrons. The van der Waals surface area contributed by atoms with E-state index in [1.165, 1.54) is 6.07 Å². The molecular weight excluding hydrogens is 302 g/mol. The van der Waals surface area contributed by atoms with Crippen LogP contribution in [-0.2, 0) is 0 Å². The minimum Gasteiger partial charge on any atom is -0.365 e. The number of amides is 1. The van der Waals surface area contributed by atoms with E-state index in [1.807, 2.05) is 20.8 Å². The number of nitrogens with one attached hydrogen (secondary N) is 2. The molecule has 0 saturated carbocycles. The van der Waals surface area contributed by atoms with E-state index < -0.39 is 17.5 Å². The first-order valence-electron chi connectivity index (χ1n) is 7.04. The zero-order valence-electron chi connectivity index (χ0n) is 13.4. The molecule has 0 aliphatic carbocycles. The third-order valence-corrected chi connectivity index (χ3v) is 2.75. The molecule has 7 heteroatoms. The Morgan fingerprint density at radius 3 is 2.43 bits per heavy atom. The third-order valence-electron chi connectivity index (χ3n) is 2.75. The van der Waals surface area contributed by atoms with Crippen LogP contribution in [0.5, 0.6) is 0 Å². The number of hydrogen-bond acceptors (Lipinski definition) is 4. The van der Waals surface area contributed by atoms with Crippen LogP contribution in [-0.4, -0.2) is 21.4 Å². The smallest absolute Gasteiger partial charge is 0.274 e. The number of benzene rings is 1. The Morgan fingerprint density at radius 1 is 1.13 bits per heavy atom. The highest BCUT2D eigenvalue weighted by Crippen LogP contribution is 2.17. The molecule has 0 saturated heterocycles. The van der Waals surface area contributed by atoms with E-state index in [4.69, 9.17) is 0 Å². The maximum absolute atomic E-state index is 13.6. The summed E-state index contributed by atoms with van der Waals surface area (Å²) >= 11 is 0. The zero-order chi connectivity index (χ0) is 17.2. The summed E-state index contributed by atoms with van der Waals surface area (Å²) in [6, 6.07) is 4.41. The normalized spacial score (nSPS) is 11.2. The molecule has 0 atom stereocenters. The second-order valence-corrected chi connectivity index (χ2v) is 6.14. The molecule has 0 bridgehead atoms. The van der Waals surface area contributed by atoms with E-state index in [0.717, 1.165) is 12.1 Å². The standard InChI is InChI=1S/C16H18F2N4O/c1-9-19-13(8-14(20-9)22-16(2,3)4)15(23)21-12-6-5-10(17)7-11(12)18/h5-8H,1-4H3,(H,21,23)(H,19,20,22). The highest BCUT2D eigenvalue weighted by atomic mass is 19.1. The van der Waals surface area contributed by atoms with Crippen molar-refractivity contribution >= 4 is 17.4 Å². The van der Waals surface area contributed by atoms with Crippen molar-refractivity contribution in [2.75, 3.05) is 10.6 Å². The SMILES string of the molecule is Cc1nc(NC(C)(C)C)cc(C(=O)Nc2ccc(F)cc2F)n1. The van der Waals surface area contributed by atoms with E-state index in [0.29, 0.717) is 17.7 Å². The van der Waals surface area contributed by atoms with Crippen molar-refractivity contribution in [1.29, 1.82) is 0 Å². The van der Waals surface area contributed by atoms with Gasteiger partial charge < -0.3 is 10.6 Å². The average Bonchev–Trinajstić information content (AvgIpc) is 2.39. The van der Waals surface area contributed by atoms with Gasteiger partial charge in [0.15, 0.2) is 0 Å². The fraction of sp³-hybridized carbons (Fsp3) is 0.312. The van der Waals surface area contributed by atoms with Gasteiger partial charge in [-0.25, -0.2) is 18.7 Å². The number of hydrogen-bond donors (Lipinski definition) is 2. The Morgan fingerprint density at radius 2 is 1.83 bits per heavy atom. The topological polar surface area (TPSA) is 66.9 Å². The van der Waals surface area contributed by atoms with Crippen LogP contribution < -0.4 is 10.6 Å². The highest BCUT2D eigenvalue weighted by Gasteiger charge is 2.16. The summed E-state index contributed by atoms with van der Waals surface area (Å²) in [4.78, 5) is 20.5. The molecular formula is C16H18F2N4O. The molecule has 5 nitrogen and oxygen atoms in total. The fourth-order valence-electron chi connectivity index (χ4n) is 1.91. The minimum absolute atomic E-state index is 0.0907. The molecule has 0 aliphatic heterocycles. The Bertz CT molecular complexity index is 741. The predicted molar refractivity (Wildman–Crippen MR) is 84.5 cm³/mol. The molecule has 1 heterocycles. The number of anilines is 2. The lowest BCUT2D eigenvalue weighted by Gasteiger charge is -2.21. The Labute approximate surface area is 133 Å². The van der Waals surface area contributed by atoms with Gasteiger partial charge in [-0.15, -0.1) is 0 Å². The summed E-state index contributed by atoms with van der Waals surface area (Å²) in [6.07, 6.45) is 0. The Hall–Kier alpha value is -2.57. The largest absolute Gasteiger partial charge is 0.365 e. The van der Waals surface area contributed by atoms with Crippen LogP contribution in [0.2, 0.25) is 0 Å². The lowest BCUT2D eigenvalue weighted by Crippen LogP contribution is -2.27. The van der Waals surface area contributed by atoms with Gasteiger partial charge in [-0.1, -0.05) is 0 Å². The molecule has 1 amide bonds. The minimum atomic E-state index is -0.850. The number of rotatable bonds is 3. The second kappa shape index (κ2) is 6.28. The quantitative estimate of drug-likeness (QED) is 0.908. The van der Waals surface area contributed by atoms with Crippen molar-refractivity contribution in [3.63, 3.8) is 0 Å². The Kier molecular flexibility index (Phi) is 4.58. The molecule has 1 aromatic heterocycles. The van der Waals surface area contributed by atoms with Crippen LogP contribution in [0.3, 0.4) is 0 Å². The zero-order valence-corrected chi connectivity index (χ0v) is 13.4. The second-order valence-electron chi connectivity index (χ2n) is 6.14. The van der Waals surface area contributed by atoms with Crippen molar-refractivity contribution in [2.45, 2.75) is 33.2 Å². The fourth-order valence-corrected chi connectivity index (χ4v) is 1.91. The third kappa shape index (κ3) is 4.70. The van der Waals surface area contributed by atoms with Crippen LogP contribution in [0, 0.1) is 18.6 Å². The first-order valence-corrected chi connectivity index (χ1v) is 7.04. The van der Waals surface area contributed by atoms with E-state index in [9.17, 15) is 13.6 Å².